The van der Waals surface area contributed by atoms with Gasteiger partial charge in [-0.25, -0.2) is 8.42 Å². The molecule has 0 spiro atoms. The SMILES string of the molecule is CCCS(=O)(=O)CCS(=O)C(C)CCN. The van der Waals surface area contributed by atoms with E-state index in [1.165, 1.54) is 0 Å². The van der Waals surface area contributed by atoms with Gasteiger partial charge in [-0.1, -0.05) is 13.8 Å². The molecular formula is C9H21NO3S2. The zero-order chi connectivity index (χ0) is 11.9. The van der Waals surface area contributed by atoms with Crippen molar-refractivity contribution in [1.82, 2.24) is 0 Å². The molecule has 0 aromatic heterocycles. The Morgan fingerprint density at radius 1 is 1.33 bits per heavy atom. The van der Waals surface area contributed by atoms with Gasteiger partial charge in [0.25, 0.3) is 0 Å². The quantitative estimate of drug-likeness (QED) is 0.676. The van der Waals surface area contributed by atoms with Gasteiger partial charge < -0.3 is 5.73 Å². The molecule has 0 saturated carbocycles. The first kappa shape index (κ1) is 15.1. The molecule has 92 valence electrons. The second-order valence-electron chi connectivity index (χ2n) is 3.62. The van der Waals surface area contributed by atoms with Gasteiger partial charge in [-0.2, -0.15) is 0 Å². The Kier molecular flexibility index (Phi) is 7.38. The number of rotatable bonds is 8. The third-order valence-electron chi connectivity index (χ3n) is 2.13. The maximum Gasteiger partial charge on any atom is 0.151 e. The molecule has 0 heterocycles. The molecule has 0 radical (unpaired) electrons. The van der Waals surface area contributed by atoms with E-state index in [9.17, 15) is 12.6 Å². The highest BCUT2D eigenvalue weighted by atomic mass is 32.2. The van der Waals surface area contributed by atoms with Crippen LogP contribution in [0.2, 0.25) is 0 Å². The predicted molar refractivity (Wildman–Crippen MR) is 65.1 cm³/mol. The van der Waals surface area contributed by atoms with E-state index in [1.807, 2.05) is 13.8 Å². The minimum atomic E-state index is -3.00. The van der Waals surface area contributed by atoms with Crippen molar-refractivity contribution in [1.29, 1.82) is 0 Å². The topological polar surface area (TPSA) is 77.2 Å². The Morgan fingerprint density at radius 2 is 1.93 bits per heavy atom. The van der Waals surface area contributed by atoms with Crippen LogP contribution in [0.3, 0.4) is 0 Å². The molecule has 0 aliphatic carbocycles. The minimum absolute atomic E-state index is 0.00757. The smallest absolute Gasteiger partial charge is 0.151 e. The van der Waals surface area contributed by atoms with Crippen LogP contribution in [0, 0.1) is 0 Å². The third kappa shape index (κ3) is 7.03. The standard InChI is InChI=1S/C9H21NO3S2/c1-3-7-15(12,13)8-6-14(11)9(2)4-5-10/h9H,3-8,10H2,1-2H3. The van der Waals surface area contributed by atoms with Crippen molar-refractivity contribution in [2.75, 3.05) is 23.8 Å². The Labute approximate surface area is 95.0 Å². The molecule has 6 heteroatoms. The van der Waals surface area contributed by atoms with Gasteiger partial charge in [0.15, 0.2) is 9.84 Å². The van der Waals surface area contributed by atoms with E-state index in [1.54, 1.807) is 0 Å². The van der Waals surface area contributed by atoms with Gasteiger partial charge in [-0.05, 0) is 19.4 Å². The van der Waals surface area contributed by atoms with E-state index >= 15 is 0 Å². The predicted octanol–water partition coefficient (Wildman–Crippen LogP) is 0.297. The maximum absolute atomic E-state index is 11.6. The highest BCUT2D eigenvalue weighted by molar-refractivity contribution is 7.93. The van der Waals surface area contributed by atoms with Crippen LogP contribution in [0.25, 0.3) is 0 Å². The molecular weight excluding hydrogens is 234 g/mol. The van der Waals surface area contributed by atoms with E-state index < -0.39 is 20.6 Å². The van der Waals surface area contributed by atoms with Crippen molar-refractivity contribution in [2.45, 2.75) is 31.9 Å². The van der Waals surface area contributed by atoms with Gasteiger partial charge in [-0.3, -0.25) is 4.21 Å². The molecule has 2 N–H and O–H groups in total. The molecule has 0 rings (SSSR count). The zero-order valence-electron chi connectivity index (χ0n) is 9.44. The van der Waals surface area contributed by atoms with E-state index in [0.29, 0.717) is 19.4 Å². The monoisotopic (exact) mass is 255 g/mol. The second-order valence-corrected chi connectivity index (χ2v) is 7.90. The molecule has 0 fully saturated rings. The van der Waals surface area contributed by atoms with Gasteiger partial charge in [0.2, 0.25) is 0 Å². The first-order valence-corrected chi connectivity index (χ1v) is 8.41. The molecule has 4 nitrogen and oxygen atoms in total. The van der Waals surface area contributed by atoms with Crippen molar-refractivity contribution >= 4 is 20.6 Å². The van der Waals surface area contributed by atoms with Crippen molar-refractivity contribution in [3.8, 4) is 0 Å². The average molecular weight is 255 g/mol. The highest BCUT2D eigenvalue weighted by Gasteiger charge is 2.15. The van der Waals surface area contributed by atoms with Crippen LogP contribution in [-0.4, -0.2) is 41.7 Å². The lowest BCUT2D eigenvalue weighted by atomic mass is 10.3. The largest absolute Gasteiger partial charge is 0.330 e. The van der Waals surface area contributed by atoms with E-state index in [4.69, 9.17) is 5.73 Å². The van der Waals surface area contributed by atoms with Crippen LogP contribution < -0.4 is 5.73 Å². The minimum Gasteiger partial charge on any atom is -0.330 e. The van der Waals surface area contributed by atoms with Crippen LogP contribution in [0.1, 0.15) is 26.7 Å². The lowest BCUT2D eigenvalue weighted by Gasteiger charge is -2.09. The maximum atomic E-state index is 11.6. The van der Waals surface area contributed by atoms with Gasteiger partial charge in [0.1, 0.15) is 0 Å². The van der Waals surface area contributed by atoms with Crippen LogP contribution in [0.5, 0.6) is 0 Å². The summed E-state index contributed by atoms with van der Waals surface area (Å²) in [5.74, 6) is 0.460. The second kappa shape index (κ2) is 7.35. The van der Waals surface area contributed by atoms with E-state index in [0.717, 1.165) is 0 Å². The van der Waals surface area contributed by atoms with Gasteiger partial charge in [0, 0.05) is 27.6 Å². The van der Waals surface area contributed by atoms with E-state index in [2.05, 4.69) is 0 Å². The highest BCUT2D eigenvalue weighted by Crippen LogP contribution is 2.03. The first-order valence-electron chi connectivity index (χ1n) is 5.20. The van der Waals surface area contributed by atoms with Crippen molar-refractivity contribution in [2.24, 2.45) is 5.73 Å². The molecule has 2 atom stereocenters. The van der Waals surface area contributed by atoms with E-state index in [-0.39, 0.29) is 22.5 Å². The fraction of sp³-hybridized carbons (Fsp3) is 1.00. The summed E-state index contributed by atoms with van der Waals surface area (Å²) in [7, 11) is -4.07. The zero-order valence-corrected chi connectivity index (χ0v) is 11.1. The summed E-state index contributed by atoms with van der Waals surface area (Å²) in [6.07, 6.45) is 1.30. The van der Waals surface area contributed by atoms with Crippen LogP contribution >= 0.6 is 0 Å². The Morgan fingerprint density at radius 3 is 2.40 bits per heavy atom. The molecule has 0 aliphatic heterocycles. The summed E-state index contributed by atoms with van der Waals surface area (Å²) in [5, 5.41) is -0.00757. The normalized spacial score (nSPS) is 16.2. The summed E-state index contributed by atoms with van der Waals surface area (Å²) in [5.41, 5.74) is 5.34. The number of sulfone groups is 1. The molecule has 0 aromatic carbocycles. The summed E-state index contributed by atoms with van der Waals surface area (Å²) in [6, 6.07) is 0. The van der Waals surface area contributed by atoms with Gasteiger partial charge in [0.05, 0.1) is 5.75 Å². The molecule has 0 amide bonds. The van der Waals surface area contributed by atoms with Gasteiger partial charge >= 0.3 is 0 Å². The molecule has 0 aliphatic rings. The molecule has 0 saturated heterocycles. The van der Waals surface area contributed by atoms with Crippen molar-refractivity contribution < 1.29 is 12.6 Å². The summed E-state index contributed by atoms with van der Waals surface area (Å²) >= 11 is 0. The number of hydrogen-bond acceptors (Lipinski definition) is 4. The number of nitrogens with two attached hydrogens (primary N) is 1. The summed E-state index contributed by atoms with van der Waals surface area (Å²) in [4.78, 5) is 0. The molecule has 2 unspecified atom stereocenters. The Hall–Kier alpha value is 0.0600. The van der Waals surface area contributed by atoms with Crippen LogP contribution in [-0.2, 0) is 20.6 Å². The Bertz CT molecular complexity index is 288. The summed E-state index contributed by atoms with van der Waals surface area (Å²) in [6.45, 7) is 4.16. The molecule has 15 heavy (non-hydrogen) atoms. The fourth-order valence-electron chi connectivity index (χ4n) is 1.19. The first-order chi connectivity index (χ1) is 6.93. The molecule has 0 bridgehead atoms. The fourth-order valence-corrected chi connectivity index (χ4v) is 4.49. The van der Waals surface area contributed by atoms with Crippen LogP contribution in [0.4, 0.5) is 0 Å². The molecule has 0 aromatic rings. The van der Waals surface area contributed by atoms with Gasteiger partial charge in [-0.15, -0.1) is 0 Å². The third-order valence-corrected chi connectivity index (χ3v) is 5.99. The van der Waals surface area contributed by atoms with Crippen molar-refractivity contribution in [3.63, 3.8) is 0 Å². The number of hydrogen-bond donors (Lipinski definition) is 1. The van der Waals surface area contributed by atoms with Crippen LogP contribution in [0.15, 0.2) is 0 Å². The van der Waals surface area contributed by atoms with Crippen molar-refractivity contribution in [3.05, 3.63) is 0 Å². The summed E-state index contributed by atoms with van der Waals surface area (Å²) < 4.78 is 34.3. The Balaban J connectivity index is 4.00. The lowest BCUT2D eigenvalue weighted by Crippen LogP contribution is -2.23. The lowest BCUT2D eigenvalue weighted by molar-refractivity contribution is 0.595. The average Bonchev–Trinajstić information content (AvgIpc) is 2.14.